The quantitative estimate of drug-likeness (QED) is 0.759. The fourth-order valence-electron chi connectivity index (χ4n) is 3.79. The Hall–Kier alpha value is -1.06. The third-order valence-electron chi connectivity index (χ3n) is 4.90. The van der Waals surface area contributed by atoms with E-state index in [1.165, 1.54) is 25.7 Å². The average molecular weight is 250 g/mol. The Balaban J connectivity index is 1.58. The van der Waals surface area contributed by atoms with E-state index in [2.05, 4.69) is 10.2 Å². The SMILES string of the molecule is O=C1CCC(C(=O)N2CC3CCCCC3C2)CN1. The van der Waals surface area contributed by atoms with Crippen LogP contribution in [-0.2, 0) is 9.59 Å². The highest BCUT2D eigenvalue weighted by Gasteiger charge is 2.38. The lowest BCUT2D eigenvalue weighted by atomic mass is 9.82. The highest BCUT2D eigenvalue weighted by Crippen LogP contribution is 2.36. The molecular formula is C14H22N2O2. The summed E-state index contributed by atoms with van der Waals surface area (Å²) in [5, 5.41) is 2.81. The maximum Gasteiger partial charge on any atom is 0.227 e. The third-order valence-corrected chi connectivity index (χ3v) is 4.90. The smallest absolute Gasteiger partial charge is 0.227 e. The molecule has 0 aromatic carbocycles. The zero-order valence-corrected chi connectivity index (χ0v) is 10.9. The highest BCUT2D eigenvalue weighted by molar-refractivity contribution is 5.84. The second-order valence-electron chi connectivity index (χ2n) is 6.09. The van der Waals surface area contributed by atoms with Crippen LogP contribution < -0.4 is 5.32 Å². The molecule has 1 N–H and O–H groups in total. The van der Waals surface area contributed by atoms with E-state index in [0.29, 0.717) is 13.0 Å². The lowest BCUT2D eigenvalue weighted by Gasteiger charge is -2.26. The molecule has 0 bridgehead atoms. The first-order valence-corrected chi connectivity index (χ1v) is 7.29. The molecule has 2 aliphatic heterocycles. The molecule has 18 heavy (non-hydrogen) atoms. The van der Waals surface area contributed by atoms with Gasteiger partial charge in [0.2, 0.25) is 11.8 Å². The lowest BCUT2D eigenvalue weighted by Crippen LogP contribution is -2.44. The Labute approximate surface area is 108 Å². The molecule has 3 atom stereocenters. The van der Waals surface area contributed by atoms with Gasteiger partial charge in [-0.25, -0.2) is 0 Å². The predicted octanol–water partition coefficient (Wildman–Crippen LogP) is 1.16. The minimum Gasteiger partial charge on any atom is -0.355 e. The number of hydrogen-bond acceptors (Lipinski definition) is 2. The van der Waals surface area contributed by atoms with Crippen molar-refractivity contribution in [3.63, 3.8) is 0 Å². The van der Waals surface area contributed by atoms with Gasteiger partial charge in [0.05, 0.1) is 5.92 Å². The first-order chi connectivity index (χ1) is 8.74. The highest BCUT2D eigenvalue weighted by atomic mass is 16.2. The van der Waals surface area contributed by atoms with Gasteiger partial charge in [0.25, 0.3) is 0 Å². The van der Waals surface area contributed by atoms with Gasteiger partial charge in [-0.15, -0.1) is 0 Å². The van der Waals surface area contributed by atoms with Gasteiger partial charge in [-0.2, -0.15) is 0 Å². The van der Waals surface area contributed by atoms with Crippen LogP contribution in [0.1, 0.15) is 38.5 Å². The molecule has 0 aromatic heterocycles. The van der Waals surface area contributed by atoms with Gasteiger partial charge < -0.3 is 10.2 Å². The molecule has 3 aliphatic rings. The standard InChI is InChI=1S/C14H22N2O2/c17-13-6-5-10(7-15-13)14(18)16-8-11-3-1-2-4-12(11)9-16/h10-12H,1-9H2,(H,15,17). The molecule has 0 radical (unpaired) electrons. The molecule has 2 amide bonds. The van der Waals surface area contributed by atoms with Gasteiger partial charge in [-0.1, -0.05) is 12.8 Å². The van der Waals surface area contributed by atoms with E-state index in [1.807, 2.05) is 0 Å². The Bertz CT molecular complexity index is 332. The van der Waals surface area contributed by atoms with Gasteiger partial charge in [0.15, 0.2) is 0 Å². The van der Waals surface area contributed by atoms with Crippen molar-refractivity contribution in [2.45, 2.75) is 38.5 Å². The molecule has 4 nitrogen and oxygen atoms in total. The summed E-state index contributed by atoms with van der Waals surface area (Å²) in [6, 6.07) is 0. The molecule has 1 aliphatic carbocycles. The number of amides is 2. The van der Waals surface area contributed by atoms with Crippen molar-refractivity contribution in [2.75, 3.05) is 19.6 Å². The fraction of sp³-hybridized carbons (Fsp3) is 0.857. The number of fused-ring (bicyclic) bond motifs is 1. The summed E-state index contributed by atoms with van der Waals surface area (Å²) in [5.41, 5.74) is 0. The average Bonchev–Trinajstić information content (AvgIpc) is 2.82. The van der Waals surface area contributed by atoms with E-state index < -0.39 is 0 Å². The number of hydrogen-bond donors (Lipinski definition) is 1. The second kappa shape index (κ2) is 4.90. The molecular weight excluding hydrogens is 228 g/mol. The monoisotopic (exact) mass is 250 g/mol. The van der Waals surface area contributed by atoms with Crippen molar-refractivity contribution in [3.8, 4) is 0 Å². The van der Waals surface area contributed by atoms with Crippen LogP contribution in [0.15, 0.2) is 0 Å². The largest absolute Gasteiger partial charge is 0.355 e. The van der Waals surface area contributed by atoms with Gasteiger partial charge in [-0.05, 0) is 31.1 Å². The molecule has 1 saturated carbocycles. The van der Waals surface area contributed by atoms with Crippen molar-refractivity contribution < 1.29 is 9.59 Å². The predicted molar refractivity (Wildman–Crippen MR) is 67.8 cm³/mol. The van der Waals surface area contributed by atoms with Crippen LogP contribution in [0.4, 0.5) is 0 Å². The summed E-state index contributed by atoms with van der Waals surface area (Å²) in [6.45, 7) is 2.48. The second-order valence-corrected chi connectivity index (χ2v) is 6.09. The summed E-state index contributed by atoms with van der Waals surface area (Å²) in [4.78, 5) is 25.6. The van der Waals surface area contributed by atoms with Crippen molar-refractivity contribution in [2.24, 2.45) is 17.8 Å². The summed E-state index contributed by atoms with van der Waals surface area (Å²) < 4.78 is 0. The topological polar surface area (TPSA) is 49.4 Å². The van der Waals surface area contributed by atoms with Crippen LogP contribution in [0.2, 0.25) is 0 Å². The van der Waals surface area contributed by atoms with Crippen LogP contribution in [0.25, 0.3) is 0 Å². The zero-order valence-electron chi connectivity index (χ0n) is 10.9. The Morgan fingerprint density at radius 2 is 1.78 bits per heavy atom. The number of nitrogens with zero attached hydrogens (tertiary/aromatic N) is 1. The van der Waals surface area contributed by atoms with Crippen LogP contribution in [0.3, 0.4) is 0 Å². The van der Waals surface area contributed by atoms with E-state index >= 15 is 0 Å². The molecule has 3 fully saturated rings. The normalized spacial score (nSPS) is 36.1. The minimum atomic E-state index is 0.0304. The Morgan fingerprint density at radius 3 is 2.33 bits per heavy atom. The van der Waals surface area contributed by atoms with Crippen molar-refractivity contribution >= 4 is 11.8 Å². The molecule has 2 heterocycles. The van der Waals surface area contributed by atoms with E-state index in [-0.39, 0.29) is 17.7 Å². The molecule has 100 valence electrons. The van der Waals surface area contributed by atoms with Gasteiger partial charge in [0.1, 0.15) is 0 Å². The number of nitrogens with one attached hydrogen (secondary N) is 1. The van der Waals surface area contributed by atoms with Crippen LogP contribution in [-0.4, -0.2) is 36.3 Å². The van der Waals surface area contributed by atoms with Crippen LogP contribution >= 0.6 is 0 Å². The number of carbonyl (C=O) groups is 2. The van der Waals surface area contributed by atoms with Crippen molar-refractivity contribution in [1.82, 2.24) is 10.2 Å². The zero-order chi connectivity index (χ0) is 12.5. The summed E-state index contributed by atoms with van der Waals surface area (Å²) in [7, 11) is 0. The van der Waals surface area contributed by atoms with E-state index in [4.69, 9.17) is 0 Å². The van der Waals surface area contributed by atoms with Crippen LogP contribution in [0, 0.1) is 17.8 Å². The number of carbonyl (C=O) groups excluding carboxylic acids is 2. The van der Waals surface area contributed by atoms with E-state index in [0.717, 1.165) is 31.3 Å². The van der Waals surface area contributed by atoms with Crippen LogP contribution in [0.5, 0.6) is 0 Å². The van der Waals surface area contributed by atoms with E-state index in [1.54, 1.807) is 0 Å². The van der Waals surface area contributed by atoms with Crippen molar-refractivity contribution in [1.29, 1.82) is 0 Å². The number of likely N-dealkylation sites (tertiary alicyclic amines) is 1. The summed E-state index contributed by atoms with van der Waals surface area (Å²) >= 11 is 0. The Morgan fingerprint density at radius 1 is 1.11 bits per heavy atom. The lowest BCUT2D eigenvalue weighted by molar-refractivity contribution is -0.136. The maximum absolute atomic E-state index is 12.4. The molecule has 3 rings (SSSR count). The molecule has 2 saturated heterocycles. The number of piperidine rings is 1. The Kier molecular flexibility index (Phi) is 3.27. The number of rotatable bonds is 1. The first kappa shape index (κ1) is 12.0. The fourth-order valence-corrected chi connectivity index (χ4v) is 3.79. The maximum atomic E-state index is 12.4. The van der Waals surface area contributed by atoms with Gasteiger partial charge in [-0.3, -0.25) is 9.59 Å². The van der Waals surface area contributed by atoms with Crippen molar-refractivity contribution in [3.05, 3.63) is 0 Å². The molecule has 0 spiro atoms. The minimum absolute atomic E-state index is 0.0304. The summed E-state index contributed by atoms with van der Waals surface area (Å²) in [5.74, 6) is 1.91. The molecule has 0 aromatic rings. The first-order valence-electron chi connectivity index (χ1n) is 7.29. The van der Waals surface area contributed by atoms with Gasteiger partial charge in [0, 0.05) is 26.1 Å². The van der Waals surface area contributed by atoms with Gasteiger partial charge >= 0.3 is 0 Å². The van der Waals surface area contributed by atoms with E-state index in [9.17, 15) is 9.59 Å². The summed E-state index contributed by atoms with van der Waals surface area (Å²) in [6.07, 6.45) is 6.52. The molecule has 4 heteroatoms. The molecule has 3 unspecified atom stereocenters. The third kappa shape index (κ3) is 2.25.